The number of hydrogen-bond donors (Lipinski definition) is 3. The van der Waals surface area contributed by atoms with Gasteiger partial charge in [0.15, 0.2) is 0 Å². The number of sulfonamides is 1. The number of ether oxygens (including phenoxy) is 1. The molecule has 1 aliphatic carbocycles. The highest BCUT2D eigenvalue weighted by Gasteiger charge is 2.32. The molecule has 1 heterocycles. The molecule has 3 rings (SSSR count). The molecule has 186 valence electrons. The summed E-state index contributed by atoms with van der Waals surface area (Å²) in [4.78, 5) is 19.8. The smallest absolute Gasteiger partial charge is 0.407 e. The Kier molecular flexibility index (Phi) is 7.60. The average molecular weight is 505 g/mol. The second-order valence-corrected chi connectivity index (χ2v) is 9.62. The van der Waals surface area contributed by atoms with Crippen LogP contribution in [0.25, 0.3) is 0 Å². The van der Waals surface area contributed by atoms with Crippen LogP contribution in [0.3, 0.4) is 0 Å². The summed E-state index contributed by atoms with van der Waals surface area (Å²) in [6.45, 7) is 1.25. The first-order chi connectivity index (χ1) is 15.8. The van der Waals surface area contributed by atoms with Gasteiger partial charge < -0.3 is 15.4 Å². The molecule has 0 bridgehead atoms. The zero-order valence-electron chi connectivity index (χ0n) is 18.0. The van der Waals surface area contributed by atoms with E-state index in [1.54, 1.807) is 0 Å². The number of rotatable bonds is 7. The van der Waals surface area contributed by atoms with Crippen molar-refractivity contribution in [2.24, 2.45) is 5.14 Å². The maximum Gasteiger partial charge on any atom is 0.407 e. The van der Waals surface area contributed by atoms with Gasteiger partial charge in [-0.1, -0.05) is 0 Å². The summed E-state index contributed by atoms with van der Waals surface area (Å²) in [6.07, 6.45) is -2.15. The Balaban J connectivity index is 1.53. The van der Waals surface area contributed by atoms with Crippen LogP contribution in [0.5, 0.6) is 0 Å². The van der Waals surface area contributed by atoms with Crippen molar-refractivity contribution in [2.45, 2.75) is 61.7 Å². The number of aromatic nitrogens is 2. The number of carbonyl (C=O) groups is 1. The fourth-order valence-electron chi connectivity index (χ4n) is 3.64. The summed E-state index contributed by atoms with van der Waals surface area (Å²) >= 11 is 0. The van der Waals surface area contributed by atoms with E-state index in [0.29, 0.717) is 19.3 Å². The van der Waals surface area contributed by atoms with Gasteiger partial charge in [0.25, 0.3) is 0 Å². The predicted octanol–water partition coefficient (Wildman–Crippen LogP) is 3.71. The second-order valence-electron chi connectivity index (χ2n) is 8.05. The molecule has 34 heavy (non-hydrogen) atoms. The quantitative estimate of drug-likeness (QED) is 0.488. The minimum absolute atomic E-state index is 0.0229. The van der Waals surface area contributed by atoms with Crippen LogP contribution in [-0.4, -0.2) is 42.8 Å². The van der Waals surface area contributed by atoms with E-state index in [2.05, 4.69) is 20.6 Å². The van der Waals surface area contributed by atoms with Gasteiger partial charge in [0.05, 0.1) is 17.0 Å². The van der Waals surface area contributed by atoms with Crippen molar-refractivity contribution >= 4 is 27.8 Å². The third kappa shape index (κ3) is 7.25. The number of nitrogens with two attached hydrogens (primary N) is 1. The van der Waals surface area contributed by atoms with E-state index in [4.69, 9.17) is 9.88 Å². The highest BCUT2D eigenvalue weighted by Crippen LogP contribution is 2.36. The molecule has 1 saturated carbocycles. The minimum atomic E-state index is -4.38. The second kappa shape index (κ2) is 10.1. The van der Waals surface area contributed by atoms with Gasteiger partial charge in [0.2, 0.25) is 16.0 Å². The predicted molar refractivity (Wildman–Crippen MR) is 113 cm³/mol. The van der Waals surface area contributed by atoms with E-state index in [9.17, 15) is 30.8 Å². The maximum atomic E-state index is 14.2. The largest absolute Gasteiger partial charge is 0.446 e. The van der Waals surface area contributed by atoms with Crippen LogP contribution in [0.2, 0.25) is 0 Å². The molecule has 1 aromatic carbocycles. The third-order valence-corrected chi connectivity index (χ3v) is 6.13. The van der Waals surface area contributed by atoms with Crippen molar-refractivity contribution in [1.82, 2.24) is 15.3 Å². The van der Waals surface area contributed by atoms with Gasteiger partial charge in [-0.15, -0.1) is 0 Å². The molecule has 0 spiro atoms. The van der Waals surface area contributed by atoms with Gasteiger partial charge in [0.1, 0.15) is 11.9 Å². The molecule has 14 heteroatoms. The number of carbonyl (C=O) groups excluding carboxylic acids is 1. The van der Waals surface area contributed by atoms with Crippen LogP contribution in [0.4, 0.5) is 34.0 Å². The molecular weight excluding hydrogens is 482 g/mol. The molecule has 0 aliphatic heterocycles. The zero-order valence-corrected chi connectivity index (χ0v) is 18.8. The summed E-state index contributed by atoms with van der Waals surface area (Å²) in [5, 5.41) is 9.80. The van der Waals surface area contributed by atoms with E-state index in [0.717, 1.165) is 17.7 Å². The number of alkyl carbamates (subject to hydrolysis) is 1. The molecule has 4 N–H and O–H groups in total. The molecule has 9 nitrogen and oxygen atoms in total. The first kappa shape index (κ1) is 25.6. The van der Waals surface area contributed by atoms with Crippen molar-refractivity contribution in [1.29, 1.82) is 0 Å². The van der Waals surface area contributed by atoms with E-state index in [-0.39, 0.29) is 22.4 Å². The number of alkyl halides is 3. The topological polar surface area (TPSA) is 136 Å². The van der Waals surface area contributed by atoms with Gasteiger partial charge in [-0.3, -0.25) is 0 Å². The standard InChI is InChI=1S/C20H23F4N5O4S/c1-11(8-20(22,23)24)28-19(30)33-14-3-2-12(6-14)13-9-26-18(27-10-13)29-17-5-4-15(7-16(17)21)34(25,31)32/h4-5,7,9-12,14H,2-3,6,8H2,1H3,(H,28,30)(H2,25,31,32)(H,26,27,29)/t11-,12+,14-/m0/s1. The lowest BCUT2D eigenvalue weighted by molar-refractivity contribution is -0.138. The SMILES string of the molecule is C[C@@H](CC(F)(F)F)NC(=O)O[C@H]1CC[C@@H](c2cnc(Nc3ccc(S(N)(=O)=O)cc3F)nc2)C1. The molecule has 3 atom stereocenters. The highest BCUT2D eigenvalue weighted by molar-refractivity contribution is 7.89. The summed E-state index contributed by atoms with van der Waals surface area (Å²) < 4.78 is 79.1. The molecule has 2 aromatic rings. The Morgan fingerprint density at radius 3 is 2.53 bits per heavy atom. The van der Waals surface area contributed by atoms with E-state index in [1.165, 1.54) is 25.4 Å². The van der Waals surface area contributed by atoms with Crippen LogP contribution in [0.1, 0.15) is 44.1 Å². The Morgan fingerprint density at radius 1 is 1.26 bits per heavy atom. The minimum Gasteiger partial charge on any atom is -0.446 e. The van der Waals surface area contributed by atoms with Gasteiger partial charge in [0, 0.05) is 18.4 Å². The Hall–Kier alpha value is -3.00. The molecule has 1 aromatic heterocycles. The van der Waals surface area contributed by atoms with Crippen LogP contribution in [0, 0.1) is 5.82 Å². The maximum absolute atomic E-state index is 14.2. The number of hydrogen-bond acceptors (Lipinski definition) is 7. The molecule has 1 amide bonds. The number of nitrogens with one attached hydrogen (secondary N) is 2. The fraction of sp³-hybridized carbons (Fsp3) is 0.450. The van der Waals surface area contributed by atoms with E-state index >= 15 is 0 Å². The number of halogens is 4. The lowest BCUT2D eigenvalue weighted by atomic mass is 10.0. The van der Waals surface area contributed by atoms with Crippen molar-refractivity contribution in [3.63, 3.8) is 0 Å². The first-order valence-corrected chi connectivity index (χ1v) is 11.8. The van der Waals surface area contributed by atoms with Crippen molar-refractivity contribution < 1.29 is 35.5 Å². The molecule has 1 fully saturated rings. The van der Waals surface area contributed by atoms with E-state index < -0.39 is 46.7 Å². The summed E-state index contributed by atoms with van der Waals surface area (Å²) in [5.74, 6) is -0.794. The molecule has 0 unspecified atom stereocenters. The fourth-order valence-corrected chi connectivity index (χ4v) is 4.17. The van der Waals surface area contributed by atoms with Gasteiger partial charge in [-0.25, -0.2) is 32.7 Å². The number of amides is 1. The molecular formula is C20H23F4N5O4S. The number of nitrogens with zero attached hydrogens (tertiary/aromatic N) is 2. The summed E-state index contributed by atoms with van der Waals surface area (Å²) in [7, 11) is -4.04. The summed E-state index contributed by atoms with van der Waals surface area (Å²) in [5.41, 5.74) is 0.716. The van der Waals surface area contributed by atoms with E-state index in [1.807, 2.05) is 0 Å². The number of benzene rings is 1. The average Bonchev–Trinajstić information content (AvgIpc) is 3.16. The van der Waals surface area contributed by atoms with Crippen LogP contribution < -0.4 is 15.8 Å². The Morgan fingerprint density at radius 2 is 1.94 bits per heavy atom. The lowest BCUT2D eigenvalue weighted by Gasteiger charge is -2.18. The summed E-state index contributed by atoms with van der Waals surface area (Å²) in [6, 6.07) is 2.03. The highest BCUT2D eigenvalue weighted by atomic mass is 32.2. The van der Waals surface area contributed by atoms with Crippen LogP contribution >= 0.6 is 0 Å². The Bertz CT molecular complexity index is 1130. The van der Waals surface area contributed by atoms with Crippen LogP contribution in [0.15, 0.2) is 35.5 Å². The number of primary sulfonamides is 1. The van der Waals surface area contributed by atoms with Gasteiger partial charge in [-0.05, 0) is 55.9 Å². The first-order valence-electron chi connectivity index (χ1n) is 10.3. The zero-order chi connectivity index (χ0) is 25.1. The lowest BCUT2D eigenvalue weighted by Crippen LogP contribution is -2.37. The van der Waals surface area contributed by atoms with Gasteiger partial charge in [-0.2, -0.15) is 13.2 Å². The van der Waals surface area contributed by atoms with Crippen LogP contribution in [-0.2, 0) is 14.8 Å². The van der Waals surface area contributed by atoms with Crippen molar-refractivity contribution in [2.75, 3.05) is 5.32 Å². The Labute approximate surface area is 193 Å². The number of anilines is 2. The van der Waals surface area contributed by atoms with Gasteiger partial charge >= 0.3 is 12.3 Å². The van der Waals surface area contributed by atoms with Crippen molar-refractivity contribution in [3.8, 4) is 0 Å². The van der Waals surface area contributed by atoms with Crippen molar-refractivity contribution in [3.05, 3.63) is 42.0 Å². The molecule has 0 saturated heterocycles. The molecule has 1 aliphatic rings. The third-order valence-electron chi connectivity index (χ3n) is 5.22. The normalized spacial score (nSPS) is 19.5. The molecule has 0 radical (unpaired) electrons. The monoisotopic (exact) mass is 505 g/mol.